The number of hydrogen-bond acceptors (Lipinski definition) is 4. The first-order valence-electron chi connectivity index (χ1n) is 12.4. The molecule has 5 aliphatic rings. The van der Waals surface area contributed by atoms with E-state index in [9.17, 15) is 9.59 Å². The summed E-state index contributed by atoms with van der Waals surface area (Å²) in [5.74, 6) is 2.07. The average Bonchev–Trinajstić information content (AvgIpc) is 3.29. The first-order chi connectivity index (χ1) is 15.3. The van der Waals surface area contributed by atoms with Gasteiger partial charge in [0, 0.05) is 11.8 Å². The Labute approximate surface area is 190 Å². The van der Waals surface area contributed by atoms with E-state index in [1.165, 1.54) is 5.57 Å². The molecule has 0 saturated heterocycles. The molecule has 1 aromatic rings. The highest BCUT2D eigenvalue weighted by Gasteiger charge is 2.74. The van der Waals surface area contributed by atoms with Gasteiger partial charge in [0.05, 0.1) is 11.6 Å². The molecule has 0 spiro atoms. The monoisotopic (exact) mass is 431 g/mol. The van der Waals surface area contributed by atoms with Gasteiger partial charge in [0.15, 0.2) is 11.6 Å². The topological polar surface area (TPSA) is 55.7 Å². The Morgan fingerprint density at radius 1 is 1.06 bits per heavy atom. The summed E-state index contributed by atoms with van der Waals surface area (Å²) < 4.78 is 0. The largest absolute Gasteiger partial charge is 0.380 e. The summed E-state index contributed by atoms with van der Waals surface area (Å²) in [5.41, 5.74) is 2.52. The Bertz CT molecular complexity index is 1060. The van der Waals surface area contributed by atoms with Crippen LogP contribution in [0.15, 0.2) is 47.1 Å². The first kappa shape index (κ1) is 20.4. The summed E-state index contributed by atoms with van der Waals surface area (Å²) in [4.78, 5) is 31.7. The maximum absolute atomic E-state index is 13.3. The molecule has 1 heterocycles. The normalized spacial score (nSPS) is 44.4. The van der Waals surface area contributed by atoms with Crippen LogP contribution in [0.25, 0.3) is 0 Å². The van der Waals surface area contributed by atoms with E-state index in [4.69, 9.17) is 4.84 Å². The molecule has 0 amide bonds. The third-order valence-corrected chi connectivity index (χ3v) is 10.4. The van der Waals surface area contributed by atoms with Crippen molar-refractivity contribution in [2.75, 3.05) is 0 Å². The van der Waals surface area contributed by atoms with Crippen molar-refractivity contribution in [2.45, 2.75) is 71.3 Å². The average molecular weight is 432 g/mol. The van der Waals surface area contributed by atoms with E-state index in [1.807, 2.05) is 24.3 Å². The fourth-order valence-corrected chi connectivity index (χ4v) is 8.82. The van der Waals surface area contributed by atoms with Crippen LogP contribution in [0.5, 0.6) is 0 Å². The van der Waals surface area contributed by atoms with E-state index in [0.717, 1.165) is 49.8 Å². The predicted molar refractivity (Wildman–Crippen MR) is 123 cm³/mol. The molecule has 6 rings (SSSR count). The summed E-state index contributed by atoms with van der Waals surface area (Å²) in [5, 5.41) is 4.56. The molecule has 4 heteroatoms. The number of carbonyl (C=O) groups excluding carboxylic acids is 2. The fourth-order valence-electron chi connectivity index (χ4n) is 8.82. The van der Waals surface area contributed by atoms with Gasteiger partial charge in [-0.1, -0.05) is 54.9 Å². The van der Waals surface area contributed by atoms with Gasteiger partial charge in [-0.2, -0.15) is 0 Å². The lowest BCUT2D eigenvalue weighted by atomic mass is 9.46. The van der Waals surface area contributed by atoms with Gasteiger partial charge in [0.2, 0.25) is 5.60 Å². The molecule has 4 aliphatic carbocycles. The van der Waals surface area contributed by atoms with Crippen molar-refractivity contribution in [2.24, 2.45) is 39.7 Å². The number of ketones is 2. The van der Waals surface area contributed by atoms with E-state index in [1.54, 1.807) is 6.92 Å². The summed E-state index contributed by atoms with van der Waals surface area (Å²) in [6.07, 6.45) is 8.84. The number of nitrogens with zero attached hydrogens (tertiary/aromatic N) is 1. The van der Waals surface area contributed by atoms with Crippen LogP contribution in [-0.4, -0.2) is 22.9 Å². The van der Waals surface area contributed by atoms with Gasteiger partial charge in [-0.15, -0.1) is 0 Å². The van der Waals surface area contributed by atoms with E-state index in [0.29, 0.717) is 30.0 Å². The molecule has 4 nitrogen and oxygen atoms in total. The Morgan fingerprint density at radius 3 is 2.59 bits per heavy atom. The molecule has 3 fully saturated rings. The molecule has 32 heavy (non-hydrogen) atoms. The van der Waals surface area contributed by atoms with Crippen LogP contribution in [0.2, 0.25) is 0 Å². The van der Waals surface area contributed by atoms with Crippen LogP contribution in [0, 0.1) is 34.5 Å². The minimum Gasteiger partial charge on any atom is -0.380 e. The van der Waals surface area contributed by atoms with Crippen molar-refractivity contribution in [3.63, 3.8) is 0 Å². The lowest BCUT2D eigenvalue weighted by molar-refractivity contribution is -0.174. The lowest BCUT2D eigenvalue weighted by Crippen LogP contribution is -2.58. The zero-order valence-electron chi connectivity index (χ0n) is 19.4. The molecular weight excluding hydrogens is 398 g/mol. The van der Waals surface area contributed by atoms with Crippen LogP contribution in [0.4, 0.5) is 0 Å². The van der Waals surface area contributed by atoms with Gasteiger partial charge >= 0.3 is 0 Å². The van der Waals surface area contributed by atoms with Crippen molar-refractivity contribution in [3.8, 4) is 0 Å². The Hall–Kier alpha value is -2.23. The van der Waals surface area contributed by atoms with Crippen LogP contribution >= 0.6 is 0 Å². The smallest absolute Gasteiger partial charge is 0.208 e. The zero-order chi connectivity index (χ0) is 22.3. The SMILES string of the molecule is CC(=O)[C@@]12ON=C(c3ccccc3)[C@@H]1C[C@H]1[C@@H]3CCC4=CC(=O)CC[C@]4(C)[C@H]3CC[C@@]12C. The maximum Gasteiger partial charge on any atom is 0.208 e. The quantitative estimate of drug-likeness (QED) is 0.621. The van der Waals surface area contributed by atoms with Gasteiger partial charge in [0.25, 0.3) is 0 Å². The standard InChI is InChI=1S/C28H33NO3/c1-17(30)28-24(25(29-32-28)18-7-5-4-6-8-18)16-23-21-10-9-19-15-20(31)11-13-26(19,2)22(21)12-14-27(23,28)3/h4-8,15,21-24H,9-14,16H2,1-3H3/t21-,22+,23+,24+,26+,27+,28-/m1/s1. The van der Waals surface area contributed by atoms with Gasteiger partial charge < -0.3 is 4.84 Å². The van der Waals surface area contributed by atoms with E-state index in [-0.39, 0.29) is 22.5 Å². The molecule has 168 valence electrons. The Morgan fingerprint density at radius 2 is 1.84 bits per heavy atom. The lowest BCUT2D eigenvalue weighted by Gasteiger charge is -2.58. The number of hydrogen-bond donors (Lipinski definition) is 0. The highest BCUT2D eigenvalue weighted by molar-refractivity contribution is 6.08. The van der Waals surface area contributed by atoms with Crippen molar-refractivity contribution in [1.82, 2.24) is 0 Å². The van der Waals surface area contributed by atoms with E-state index >= 15 is 0 Å². The van der Waals surface area contributed by atoms with Gasteiger partial charge in [-0.05, 0) is 80.3 Å². The summed E-state index contributed by atoms with van der Waals surface area (Å²) in [7, 11) is 0. The minimum absolute atomic E-state index is 0.0221. The highest BCUT2D eigenvalue weighted by Crippen LogP contribution is 2.70. The van der Waals surface area contributed by atoms with Crippen LogP contribution in [0.3, 0.4) is 0 Å². The number of Topliss-reactive ketones (excluding diaryl/α,β-unsaturated/α-hetero) is 1. The second-order valence-electron chi connectivity index (χ2n) is 11.4. The van der Waals surface area contributed by atoms with Crippen LogP contribution < -0.4 is 0 Å². The van der Waals surface area contributed by atoms with Crippen molar-refractivity contribution in [3.05, 3.63) is 47.5 Å². The number of allylic oxidation sites excluding steroid dienone is 1. The molecule has 3 saturated carbocycles. The molecule has 0 aromatic heterocycles. The second-order valence-corrected chi connectivity index (χ2v) is 11.4. The third-order valence-electron chi connectivity index (χ3n) is 10.4. The number of fused-ring (bicyclic) bond motifs is 7. The third kappa shape index (κ3) is 2.36. The number of rotatable bonds is 2. The second kappa shape index (κ2) is 6.65. The number of oxime groups is 1. The summed E-state index contributed by atoms with van der Waals surface area (Å²) >= 11 is 0. The van der Waals surface area contributed by atoms with Crippen LogP contribution in [-0.2, 0) is 14.4 Å². The Kier molecular flexibility index (Phi) is 4.23. The van der Waals surface area contributed by atoms with Gasteiger partial charge in [0.1, 0.15) is 0 Å². The van der Waals surface area contributed by atoms with Gasteiger partial charge in [-0.3, -0.25) is 9.59 Å². The van der Waals surface area contributed by atoms with Crippen molar-refractivity contribution >= 4 is 17.3 Å². The molecular formula is C28H33NO3. The summed E-state index contributed by atoms with van der Waals surface area (Å²) in [6.45, 7) is 6.44. The molecule has 1 aromatic carbocycles. The molecule has 7 atom stereocenters. The van der Waals surface area contributed by atoms with Crippen molar-refractivity contribution < 1.29 is 14.4 Å². The zero-order valence-corrected chi connectivity index (χ0v) is 19.4. The van der Waals surface area contributed by atoms with Crippen LogP contribution in [0.1, 0.15) is 71.3 Å². The molecule has 0 unspecified atom stereocenters. The minimum atomic E-state index is -0.840. The Balaban J connectivity index is 1.41. The van der Waals surface area contributed by atoms with E-state index < -0.39 is 5.60 Å². The highest BCUT2D eigenvalue weighted by atomic mass is 16.7. The number of benzene rings is 1. The summed E-state index contributed by atoms with van der Waals surface area (Å²) in [6, 6.07) is 10.3. The molecule has 0 radical (unpaired) electrons. The van der Waals surface area contributed by atoms with Gasteiger partial charge in [-0.25, -0.2) is 0 Å². The van der Waals surface area contributed by atoms with E-state index in [2.05, 4.69) is 31.1 Å². The predicted octanol–water partition coefficient (Wildman–Crippen LogP) is 5.51. The first-order valence-corrected chi connectivity index (χ1v) is 12.4. The van der Waals surface area contributed by atoms with Crippen molar-refractivity contribution in [1.29, 1.82) is 0 Å². The molecule has 1 aliphatic heterocycles. The number of carbonyl (C=O) groups is 2. The maximum atomic E-state index is 13.3. The molecule has 0 N–H and O–H groups in total. The fraction of sp³-hybridized carbons (Fsp3) is 0.607. The molecule has 0 bridgehead atoms.